The van der Waals surface area contributed by atoms with Gasteiger partial charge in [-0.2, -0.15) is 18.3 Å². The minimum Gasteiger partial charge on any atom is -0.477 e. The molecule has 2 N–H and O–H groups in total. The molecule has 1 heterocycles. The summed E-state index contributed by atoms with van der Waals surface area (Å²) in [5.41, 5.74) is -0.149. The van der Waals surface area contributed by atoms with Crippen molar-refractivity contribution in [2.45, 2.75) is 12.7 Å². The van der Waals surface area contributed by atoms with Crippen molar-refractivity contribution in [1.82, 2.24) is 15.1 Å². The lowest BCUT2D eigenvalue weighted by Gasteiger charge is -2.05. The summed E-state index contributed by atoms with van der Waals surface area (Å²) in [5.74, 6) is -3.35. The molecule has 17 heavy (non-hydrogen) atoms. The zero-order valence-electron chi connectivity index (χ0n) is 8.58. The van der Waals surface area contributed by atoms with Crippen molar-refractivity contribution in [3.63, 3.8) is 0 Å². The Morgan fingerprint density at radius 3 is 2.53 bits per heavy atom. The van der Waals surface area contributed by atoms with Gasteiger partial charge in [0.05, 0.1) is 12.2 Å². The maximum absolute atomic E-state index is 11.8. The van der Waals surface area contributed by atoms with Gasteiger partial charge in [0.1, 0.15) is 5.69 Å². The number of hydrogen-bond donors (Lipinski definition) is 2. The van der Waals surface area contributed by atoms with Crippen molar-refractivity contribution in [3.05, 3.63) is 17.5 Å². The third kappa shape index (κ3) is 3.20. The highest BCUT2D eigenvalue weighted by atomic mass is 19.4. The Morgan fingerprint density at radius 1 is 1.53 bits per heavy atom. The SMILES string of the molecule is Cn1nc(CNC(=O)C(F)(F)F)cc1C(=O)O. The van der Waals surface area contributed by atoms with Gasteiger partial charge in [-0.1, -0.05) is 0 Å². The molecule has 0 aromatic carbocycles. The van der Waals surface area contributed by atoms with Gasteiger partial charge in [0.25, 0.3) is 0 Å². The summed E-state index contributed by atoms with van der Waals surface area (Å²) in [7, 11) is 1.33. The average molecular weight is 251 g/mol. The number of rotatable bonds is 3. The van der Waals surface area contributed by atoms with Crippen molar-refractivity contribution in [1.29, 1.82) is 0 Å². The molecular weight excluding hydrogens is 243 g/mol. The molecule has 0 saturated carbocycles. The van der Waals surface area contributed by atoms with Gasteiger partial charge in [-0.3, -0.25) is 9.48 Å². The molecule has 0 aliphatic rings. The Bertz CT molecular complexity index is 453. The lowest BCUT2D eigenvalue weighted by atomic mass is 10.3. The van der Waals surface area contributed by atoms with Crippen molar-refractivity contribution in [2.75, 3.05) is 0 Å². The Hall–Kier alpha value is -2.06. The summed E-state index contributed by atoms with van der Waals surface area (Å²) in [6.07, 6.45) is -4.97. The van der Waals surface area contributed by atoms with E-state index >= 15 is 0 Å². The quantitative estimate of drug-likeness (QED) is 0.809. The van der Waals surface area contributed by atoms with E-state index in [2.05, 4.69) is 5.10 Å². The molecule has 0 aliphatic heterocycles. The van der Waals surface area contributed by atoms with E-state index in [1.165, 1.54) is 7.05 Å². The molecule has 1 rings (SSSR count). The van der Waals surface area contributed by atoms with E-state index in [4.69, 9.17) is 5.11 Å². The number of amides is 1. The Kier molecular flexibility index (Phi) is 3.39. The maximum atomic E-state index is 11.8. The van der Waals surface area contributed by atoms with E-state index in [9.17, 15) is 22.8 Å². The monoisotopic (exact) mass is 251 g/mol. The van der Waals surface area contributed by atoms with Crippen LogP contribution in [0.5, 0.6) is 0 Å². The number of carbonyl (C=O) groups is 2. The summed E-state index contributed by atoms with van der Waals surface area (Å²) < 4.78 is 36.5. The molecule has 0 aliphatic carbocycles. The van der Waals surface area contributed by atoms with Crippen molar-refractivity contribution in [2.24, 2.45) is 7.05 Å². The van der Waals surface area contributed by atoms with Gasteiger partial charge in [-0.05, 0) is 6.07 Å². The fraction of sp³-hybridized carbons (Fsp3) is 0.375. The van der Waals surface area contributed by atoms with Crippen LogP contribution >= 0.6 is 0 Å². The molecule has 1 aromatic rings. The number of carboxylic acids is 1. The first-order valence-electron chi connectivity index (χ1n) is 4.33. The highest BCUT2D eigenvalue weighted by molar-refractivity contribution is 5.85. The molecule has 0 bridgehead atoms. The van der Waals surface area contributed by atoms with Crippen LogP contribution < -0.4 is 5.32 Å². The first-order valence-corrected chi connectivity index (χ1v) is 4.33. The molecule has 0 fully saturated rings. The zero-order valence-corrected chi connectivity index (χ0v) is 8.58. The summed E-state index contributed by atoms with van der Waals surface area (Å²) in [6.45, 7) is -0.487. The van der Waals surface area contributed by atoms with Gasteiger partial charge >= 0.3 is 18.1 Å². The third-order valence-corrected chi connectivity index (χ3v) is 1.84. The number of nitrogens with zero attached hydrogens (tertiary/aromatic N) is 2. The number of carboxylic acid groups (broad SMARTS) is 1. The summed E-state index contributed by atoms with van der Waals surface area (Å²) >= 11 is 0. The van der Waals surface area contributed by atoms with Gasteiger partial charge in [0, 0.05) is 7.05 Å². The van der Waals surface area contributed by atoms with E-state index < -0.39 is 24.6 Å². The predicted octanol–water partition coefficient (Wildman–Crippen LogP) is 0.297. The zero-order chi connectivity index (χ0) is 13.2. The van der Waals surface area contributed by atoms with Crippen molar-refractivity contribution < 1.29 is 27.9 Å². The van der Waals surface area contributed by atoms with Crippen molar-refractivity contribution >= 4 is 11.9 Å². The molecule has 1 aromatic heterocycles. The van der Waals surface area contributed by atoms with Crippen LogP contribution in [0.1, 0.15) is 16.2 Å². The van der Waals surface area contributed by atoms with Crippen molar-refractivity contribution in [3.8, 4) is 0 Å². The van der Waals surface area contributed by atoms with Gasteiger partial charge in [0.2, 0.25) is 0 Å². The average Bonchev–Trinajstić information content (AvgIpc) is 2.54. The number of aryl methyl sites for hydroxylation is 1. The fourth-order valence-corrected chi connectivity index (χ4v) is 1.08. The molecule has 0 atom stereocenters. The van der Waals surface area contributed by atoms with Crippen LogP contribution in [0.4, 0.5) is 13.2 Å². The van der Waals surface area contributed by atoms with Crippen LogP contribution in [0.2, 0.25) is 0 Å². The Balaban J connectivity index is 2.68. The van der Waals surface area contributed by atoms with Crippen LogP contribution in [0.15, 0.2) is 6.07 Å². The minimum absolute atomic E-state index is 0.0301. The topological polar surface area (TPSA) is 84.2 Å². The fourth-order valence-electron chi connectivity index (χ4n) is 1.08. The normalized spacial score (nSPS) is 11.3. The van der Waals surface area contributed by atoms with E-state index in [1.54, 1.807) is 5.32 Å². The van der Waals surface area contributed by atoms with E-state index in [0.717, 1.165) is 10.7 Å². The van der Waals surface area contributed by atoms with Crippen LogP contribution in [0, 0.1) is 0 Å². The predicted molar refractivity (Wildman–Crippen MR) is 48.1 cm³/mol. The lowest BCUT2D eigenvalue weighted by Crippen LogP contribution is -2.36. The maximum Gasteiger partial charge on any atom is 0.471 e. The largest absolute Gasteiger partial charge is 0.477 e. The highest BCUT2D eigenvalue weighted by Gasteiger charge is 2.38. The number of aromatic nitrogens is 2. The first kappa shape index (κ1) is 13.0. The molecule has 0 spiro atoms. The molecule has 0 saturated heterocycles. The summed E-state index contributed by atoms with van der Waals surface area (Å²) in [6, 6.07) is 1.08. The minimum atomic E-state index is -4.97. The Morgan fingerprint density at radius 2 is 2.12 bits per heavy atom. The number of nitrogens with one attached hydrogen (secondary N) is 1. The van der Waals surface area contributed by atoms with E-state index in [1.807, 2.05) is 0 Å². The summed E-state index contributed by atoms with van der Waals surface area (Å²) in [4.78, 5) is 21.1. The first-order chi connectivity index (χ1) is 7.71. The summed E-state index contributed by atoms with van der Waals surface area (Å²) in [5, 5.41) is 13.9. The number of halogens is 3. The number of carbonyl (C=O) groups excluding carboxylic acids is 1. The Labute approximate surface area is 93.0 Å². The second-order valence-electron chi connectivity index (χ2n) is 3.13. The number of alkyl halides is 3. The standard InChI is InChI=1S/C8H8F3N3O3/c1-14-5(6(15)16)2-4(13-14)3-12-7(17)8(9,10)11/h2H,3H2,1H3,(H,12,17)(H,15,16). The van der Waals surface area contributed by atoms with Gasteiger partial charge in [0.15, 0.2) is 0 Å². The smallest absolute Gasteiger partial charge is 0.471 e. The van der Waals surface area contributed by atoms with Gasteiger partial charge in [-0.25, -0.2) is 4.79 Å². The van der Waals surface area contributed by atoms with Crippen LogP contribution in [0.3, 0.4) is 0 Å². The molecule has 9 heteroatoms. The number of aromatic carboxylic acids is 1. The number of hydrogen-bond acceptors (Lipinski definition) is 3. The second kappa shape index (κ2) is 4.44. The molecule has 0 unspecified atom stereocenters. The molecular formula is C8H8F3N3O3. The molecule has 6 nitrogen and oxygen atoms in total. The molecule has 0 radical (unpaired) electrons. The highest BCUT2D eigenvalue weighted by Crippen LogP contribution is 2.14. The molecule has 94 valence electrons. The molecule has 1 amide bonds. The van der Waals surface area contributed by atoms with Crippen LogP contribution in [0.25, 0.3) is 0 Å². The second-order valence-corrected chi connectivity index (χ2v) is 3.13. The lowest BCUT2D eigenvalue weighted by molar-refractivity contribution is -0.173. The third-order valence-electron chi connectivity index (χ3n) is 1.84. The van der Waals surface area contributed by atoms with Crippen LogP contribution in [-0.2, 0) is 18.4 Å². The van der Waals surface area contributed by atoms with Gasteiger partial charge in [-0.15, -0.1) is 0 Å². The van der Waals surface area contributed by atoms with E-state index in [-0.39, 0.29) is 11.4 Å². The van der Waals surface area contributed by atoms with E-state index in [0.29, 0.717) is 0 Å². The van der Waals surface area contributed by atoms with Crippen LogP contribution in [-0.4, -0.2) is 32.9 Å². The van der Waals surface area contributed by atoms with Gasteiger partial charge < -0.3 is 10.4 Å².